The molecular formula is C18H20N4O3. The molecular weight excluding hydrogens is 320 g/mol. The van der Waals surface area contributed by atoms with Gasteiger partial charge in [-0.15, -0.1) is 0 Å². The van der Waals surface area contributed by atoms with Crippen molar-refractivity contribution in [1.29, 1.82) is 0 Å². The number of aromatic nitrogens is 2. The summed E-state index contributed by atoms with van der Waals surface area (Å²) in [5.41, 5.74) is 1.95. The number of H-pyrrole nitrogens is 1. The van der Waals surface area contributed by atoms with Gasteiger partial charge >= 0.3 is 0 Å². The second-order valence-corrected chi connectivity index (χ2v) is 5.77. The van der Waals surface area contributed by atoms with Gasteiger partial charge in [-0.2, -0.15) is 0 Å². The van der Waals surface area contributed by atoms with Gasteiger partial charge in [0.15, 0.2) is 5.76 Å². The van der Waals surface area contributed by atoms with E-state index in [1.54, 1.807) is 19.1 Å². The molecule has 0 spiro atoms. The van der Waals surface area contributed by atoms with E-state index in [0.717, 1.165) is 29.7 Å². The first-order chi connectivity index (χ1) is 12.1. The van der Waals surface area contributed by atoms with E-state index in [0.29, 0.717) is 6.54 Å². The first-order valence-corrected chi connectivity index (χ1v) is 8.19. The van der Waals surface area contributed by atoms with Crippen molar-refractivity contribution in [1.82, 2.24) is 20.6 Å². The Balaban J connectivity index is 1.40. The van der Waals surface area contributed by atoms with Crippen LogP contribution in [0.25, 0.3) is 11.0 Å². The number of aromatic amines is 1. The Bertz CT molecular complexity index is 821. The van der Waals surface area contributed by atoms with Gasteiger partial charge in [0, 0.05) is 13.0 Å². The molecule has 3 N–H and O–H groups in total. The summed E-state index contributed by atoms with van der Waals surface area (Å²) >= 11 is 0. The number of para-hydroxylation sites is 2. The third-order valence-corrected chi connectivity index (χ3v) is 3.81. The van der Waals surface area contributed by atoms with E-state index in [4.69, 9.17) is 4.42 Å². The fourth-order valence-electron chi connectivity index (χ4n) is 2.49. The van der Waals surface area contributed by atoms with Crippen LogP contribution in [0.4, 0.5) is 0 Å². The van der Waals surface area contributed by atoms with Crippen molar-refractivity contribution in [3.05, 3.63) is 54.2 Å². The smallest absolute Gasteiger partial charge is 0.287 e. The SMILES string of the molecule is CC(NC(=O)c1ccco1)C(=O)NCCCc1nc2ccccc2[nH]1. The van der Waals surface area contributed by atoms with Gasteiger partial charge in [0.2, 0.25) is 5.91 Å². The van der Waals surface area contributed by atoms with Crippen LogP contribution in [-0.4, -0.2) is 34.4 Å². The maximum atomic E-state index is 12.0. The molecule has 0 saturated carbocycles. The molecule has 0 bridgehead atoms. The van der Waals surface area contributed by atoms with Gasteiger partial charge in [-0.05, 0) is 37.6 Å². The van der Waals surface area contributed by atoms with E-state index in [2.05, 4.69) is 20.6 Å². The normalized spacial score (nSPS) is 12.0. The minimum atomic E-state index is -0.635. The number of furan rings is 1. The van der Waals surface area contributed by atoms with E-state index in [-0.39, 0.29) is 11.7 Å². The number of carbonyl (C=O) groups excluding carboxylic acids is 2. The summed E-state index contributed by atoms with van der Waals surface area (Å²) in [5, 5.41) is 5.41. The van der Waals surface area contributed by atoms with Crippen molar-refractivity contribution in [2.75, 3.05) is 6.54 Å². The molecule has 7 heteroatoms. The van der Waals surface area contributed by atoms with Crippen molar-refractivity contribution >= 4 is 22.8 Å². The average molecular weight is 340 g/mol. The average Bonchev–Trinajstić information content (AvgIpc) is 3.27. The van der Waals surface area contributed by atoms with Crippen LogP contribution in [-0.2, 0) is 11.2 Å². The predicted octanol–water partition coefficient (Wildman–Crippen LogP) is 2.02. The number of rotatable bonds is 7. The Hall–Kier alpha value is -3.09. The monoisotopic (exact) mass is 340 g/mol. The molecule has 2 aromatic heterocycles. The van der Waals surface area contributed by atoms with Crippen LogP contribution in [0.2, 0.25) is 0 Å². The second kappa shape index (κ2) is 7.65. The first kappa shape index (κ1) is 16.8. The highest BCUT2D eigenvalue weighted by Crippen LogP contribution is 2.11. The lowest BCUT2D eigenvalue weighted by atomic mass is 10.2. The summed E-state index contributed by atoms with van der Waals surface area (Å²) in [6.07, 6.45) is 2.91. The molecule has 1 unspecified atom stereocenters. The van der Waals surface area contributed by atoms with E-state index in [1.165, 1.54) is 6.26 Å². The molecule has 2 amide bonds. The zero-order valence-electron chi connectivity index (χ0n) is 13.9. The van der Waals surface area contributed by atoms with Crippen LogP contribution in [0.1, 0.15) is 29.7 Å². The maximum absolute atomic E-state index is 12.0. The number of benzene rings is 1. The van der Waals surface area contributed by atoms with Crippen LogP contribution in [0.3, 0.4) is 0 Å². The Kier molecular flexibility index (Phi) is 5.13. The number of imidazole rings is 1. The summed E-state index contributed by atoms with van der Waals surface area (Å²) < 4.78 is 4.99. The molecule has 0 aliphatic carbocycles. The van der Waals surface area contributed by atoms with Crippen LogP contribution in [0, 0.1) is 0 Å². The van der Waals surface area contributed by atoms with Crippen LogP contribution in [0.5, 0.6) is 0 Å². The molecule has 3 aromatic rings. The van der Waals surface area contributed by atoms with Crippen LogP contribution < -0.4 is 10.6 Å². The van der Waals surface area contributed by atoms with E-state index < -0.39 is 11.9 Å². The lowest BCUT2D eigenvalue weighted by Gasteiger charge is -2.13. The van der Waals surface area contributed by atoms with Gasteiger partial charge < -0.3 is 20.0 Å². The number of nitrogens with one attached hydrogen (secondary N) is 3. The standard InChI is InChI=1S/C18H20N4O3/c1-12(20-18(24)15-8-5-11-25-15)17(23)19-10-4-9-16-21-13-6-2-3-7-14(13)22-16/h2-3,5-8,11-12H,4,9-10H2,1H3,(H,19,23)(H,20,24)(H,21,22). The van der Waals surface area contributed by atoms with Gasteiger partial charge in [0.05, 0.1) is 17.3 Å². The van der Waals surface area contributed by atoms with Gasteiger partial charge in [0.25, 0.3) is 5.91 Å². The lowest BCUT2D eigenvalue weighted by molar-refractivity contribution is -0.122. The highest BCUT2D eigenvalue weighted by molar-refractivity contribution is 5.95. The van der Waals surface area contributed by atoms with Gasteiger partial charge in [-0.3, -0.25) is 9.59 Å². The number of nitrogens with zero attached hydrogens (tertiary/aromatic N) is 1. The molecule has 1 aromatic carbocycles. The largest absolute Gasteiger partial charge is 0.459 e. The van der Waals surface area contributed by atoms with E-state index in [1.807, 2.05) is 24.3 Å². The second-order valence-electron chi connectivity index (χ2n) is 5.77. The Morgan fingerprint density at radius 1 is 1.24 bits per heavy atom. The third-order valence-electron chi connectivity index (χ3n) is 3.81. The number of fused-ring (bicyclic) bond motifs is 1. The van der Waals surface area contributed by atoms with Gasteiger partial charge in [-0.1, -0.05) is 12.1 Å². The predicted molar refractivity (Wildman–Crippen MR) is 93.1 cm³/mol. The minimum absolute atomic E-state index is 0.185. The van der Waals surface area contributed by atoms with Crippen molar-refractivity contribution in [3.63, 3.8) is 0 Å². The highest BCUT2D eigenvalue weighted by atomic mass is 16.3. The molecule has 0 aliphatic heterocycles. The molecule has 0 aliphatic rings. The Morgan fingerprint density at radius 2 is 2.08 bits per heavy atom. The van der Waals surface area contributed by atoms with Crippen LogP contribution in [0.15, 0.2) is 47.1 Å². The molecule has 1 atom stereocenters. The van der Waals surface area contributed by atoms with Crippen molar-refractivity contribution < 1.29 is 14.0 Å². The molecule has 7 nitrogen and oxygen atoms in total. The van der Waals surface area contributed by atoms with Gasteiger partial charge in [-0.25, -0.2) is 4.98 Å². The number of aryl methyl sites for hydroxylation is 1. The molecule has 25 heavy (non-hydrogen) atoms. The zero-order valence-corrected chi connectivity index (χ0v) is 13.9. The first-order valence-electron chi connectivity index (χ1n) is 8.19. The number of hydrogen-bond acceptors (Lipinski definition) is 4. The number of carbonyl (C=O) groups is 2. The third kappa shape index (κ3) is 4.26. The zero-order chi connectivity index (χ0) is 17.6. The van der Waals surface area contributed by atoms with E-state index >= 15 is 0 Å². The summed E-state index contributed by atoms with van der Waals surface area (Å²) in [4.78, 5) is 31.6. The molecule has 3 rings (SSSR count). The molecule has 0 radical (unpaired) electrons. The fourth-order valence-corrected chi connectivity index (χ4v) is 2.49. The Morgan fingerprint density at radius 3 is 2.84 bits per heavy atom. The molecule has 2 heterocycles. The van der Waals surface area contributed by atoms with Gasteiger partial charge in [0.1, 0.15) is 11.9 Å². The topological polar surface area (TPSA) is 100 Å². The van der Waals surface area contributed by atoms with Crippen molar-refractivity contribution in [3.8, 4) is 0 Å². The minimum Gasteiger partial charge on any atom is -0.459 e. The Labute approximate surface area is 144 Å². The maximum Gasteiger partial charge on any atom is 0.287 e. The molecule has 0 fully saturated rings. The summed E-state index contributed by atoms with van der Waals surface area (Å²) in [6, 6.07) is 10.4. The fraction of sp³-hybridized carbons (Fsp3) is 0.278. The molecule has 0 saturated heterocycles. The van der Waals surface area contributed by atoms with Crippen molar-refractivity contribution in [2.24, 2.45) is 0 Å². The van der Waals surface area contributed by atoms with Crippen LogP contribution >= 0.6 is 0 Å². The quantitative estimate of drug-likeness (QED) is 0.573. The van der Waals surface area contributed by atoms with Crippen molar-refractivity contribution in [2.45, 2.75) is 25.8 Å². The molecule has 130 valence electrons. The number of hydrogen-bond donors (Lipinski definition) is 3. The lowest BCUT2D eigenvalue weighted by Crippen LogP contribution is -2.45. The summed E-state index contributed by atoms with van der Waals surface area (Å²) in [5.74, 6) is 0.443. The summed E-state index contributed by atoms with van der Waals surface area (Å²) in [6.45, 7) is 2.15. The number of amides is 2. The van der Waals surface area contributed by atoms with E-state index in [9.17, 15) is 9.59 Å². The summed E-state index contributed by atoms with van der Waals surface area (Å²) in [7, 11) is 0. The highest BCUT2D eigenvalue weighted by Gasteiger charge is 2.17.